The van der Waals surface area contributed by atoms with E-state index in [-0.39, 0.29) is 0 Å². The first-order chi connectivity index (χ1) is 8.27. The van der Waals surface area contributed by atoms with Gasteiger partial charge < -0.3 is 0 Å². The molecule has 0 bridgehead atoms. The highest BCUT2D eigenvalue weighted by atomic mass is 35.5. The fraction of sp³-hybridized carbons (Fsp3) is 0.125. The molecule has 1 aliphatic rings. The number of fused-ring (bicyclic) bond motifs is 1. The van der Waals surface area contributed by atoms with Crippen LogP contribution in [0.15, 0.2) is 48.5 Å². The molecule has 0 aromatic heterocycles. The molecule has 1 aliphatic carbocycles. The molecule has 0 saturated heterocycles. The first-order valence-corrected chi connectivity index (χ1v) is 6.18. The summed E-state index contributed by atoms with van der Waals surface area (Å²) in [5, 5.41) is 0.867. The SMILES string of the molecule is CC1=C(c2ccccc2)Cc2cccc(Cl)c21. The second-order valence-electron chi connectivity index (χ2n) is 4.42. The van der Waals surface area contributed by atoms with Crippen LogP contribution in [0.3, 0.4) is 0 Å². The summed E-state index contributed by atoms with van der Waals surface area (Å²) in [6, 6.07) is 16.7. The molecular formula is C16H13Cl. The minimum atomic E-state index is 0.867. The zero-order valence-corrected chi connectivity index (χ0v) is 10.5. The zero-order chi connectivity index (χ0) is 11.8. The molecule has 0 N–H and O–H groups in total. The van der Waals surface area contributed by atoms with Gasteiger partial charge in [-0.2, -0.15) is 0 Å². The maximum atomic E-state index is 6.28. The van der Waals surface area contributed by atoms with Gasteiger partial charge in [0.25, 0.3) is 0 Å². The maximum Gasteiger partial charge on any atom is 0.0484 e. The summed E-state index contributed by atoms with van der Waals surface area (Å²) >= 11 is 6.28. The van der Waals surface area contributed by atoms with E-state index in [1.165, 1.54) is 27.8 Å². The molecule has 0 aliphatic heterocycles. The Morgan fingerprint density at radius 1 is 0.941 bits per heavy atom. The van der Waals surface area contributed by atoms with Crippen molar-refractivity contribution in [2.75, 3.05) is 0 Å². The van der Waals surface area contributed by atoms with Crippen molar-refractivity contribution in [1.82, 2.24) is 0 Å². The van der Waals surface area contributed by atoms with Crippen molar-refractivity contribution in [2.45, 2.75) is 13.3 Å². The number of hydrogen-bond acceptors (Lipinski definition) is 0. The van der Waals surface area contributed by atoms with E-state index in [1.807, 2.05) is 12.1 Å². The fourth-order valence-electron chi connectivity index (χ4n) is 2.57. The summed E-state index contributed by atoms with van der Waals surface area (Å²) < 4.78 is 0. The number of benzene rings is 2. The molecule has 0 radical (unpaired) electrons. The van der Waals surface area contributed by atoms with Crippen LogP contribution >= 0.6 is 11.6 Å². The van der Waals surface area contributed by atoms with Crippen molar-refractivity contribution < 1.29 is 0 Å². The van der Waals surface area contributed by atoms with E-state index >= 15 is 0 Å². The predicted molar refractivity (Wildman–Crippen MR) is 74.1 cm³/mol. The Bertz CT molecular complexity index is 594. The standard InChI is InChI=1S/C16H13Cl/c1-11-14(12-6-3-2-4-7-12)10-13-8-5-9-15(17)16(11)13/h2-9H,10H2,1H3. The summed E-state index contributed by atoms with van der Waals surface area (Å²) in [4.78, 5) is 0. The van der Waals surface area contributed by atoms with Gasteiger partial charge in [-0.15, -0.1) is 0 Å². The molecule has 2 aromatic rings. The predicted octanol–water partition coefficient (Wildman–Crippen LogP) is 4.83. The van der Waals surface area contributed by atoms with Crippen LogP contribution in [0.5, 0.6) is 0 Å². The third kappa shape index (κ3) is 1.69. The molecule has 1 heteroatoms. The third-order valence-electron chi connectivity index (χ3n) is 3.42. The molecule has 17 heavy (non-hydrogen) atoms. The van der Waals surface area contributed by atoms with Gasteiger partial charge in [-0.3, -0.25) is 0 Å². The van der Waals surface area contributed by atoms with Crippen LogP contribution < -0.4 is 0 Å². The first-order valence-electron chi connectivity index (χ1n) is 5.80. The smallest absolute Gasteiger partial charge is 0.0484 e. The molecule has 0 saturated carbocycles. The lowest BCUT2D eigenvalue weighted by atomic mass is 10.0. The Hall–Kier alpha value is -1.53. The number of allylic oxidation sites excluding steroid dienone is 2. The average Bonchev–Trinajstić information content (AvgIpc) is 2.69. The van der Waals surface area contributed by atoms with Crippen LogP contribution in [-0.4, -0.2) is 0 Å². The van der Waals surface area contributed by atoms with E-state index in [0.717, 1.165) is 11.4 Å². The van der Waals surface area contributed by atoms with Crippen LogP contribution in [-0.2, 0) is 6.42 Å². The van der Waals surface area contributed by atoms with E-state index in [2.05, 4.69) is 43.3 Å². The van der Waals surface area contributed by atoms with Crippen LogP contribution in [0.25, 0.3) is 11.1 Å². The average molecular weight is 241 g/mol. The second kappa shape index (κ2) is 4.05. The number of rotatable bonds is 1. The van der Waals surface area contributed by atoms with Crippen molar-refractivity contribution >= 4 is 22.7 Å². The van der Waals surface area contributed by atoms with Gasteiger partial charge in [0.1, 0.15) is 0 Å². The van der Waals surface area contributed by atoms with Gasteiger partial charge in [0, 0.05) is 5.02 Å². The van der Waals surface area contributed by atoms with Gasteiger partial charge in [0.05, 0.1) is 0 Å². The third-order valence-corrected chi connectivity index (χ3v) is 3.73. The highest BCUT2D eigenvalue weighted by Crippen LogP contribution is 2.41. The molecule has 3 rings (SSSR count). The summed E-state index contributed by atoms with van der Waals surface area (Å²) in [6.45, 7) is 2.17. The molecule has 0 spiro atoms. The van der Waals surface area contributed by atoms with Gasteiger partial charge in [0.2, 0.25) is 0 Å². The van der Waals surface area contributed by atoms with Gasteiger partial charge in [-0.05, 0) is 47.2 Å². The van der Waals surface area contributed by atoms with E-state index < -0.39 is 0 Å². The van der Waals surface area contributed by atoms with Crippen molar-refractivity contribution in [3.8, 4) is 0 Å². The quantitative estimate of drug-likeness (QED) is 0.670. The summed E-state index contributed by atoms with van der Waals surface area (Å²) in [5.74, 6) is 0. The number of hydrogen-bond donors (Lipinski definition) is 0. The van der Waals surface area contributed by atoms with Crippen LogP contribution in [0.2, 0.25) is 5.02 Å². The fourth-order valence-corrected chi connectivity index (χ4v) is 2.90. The molecular weight excluding hydrogens is 228 g/mol. The van der Waals surface area contributed by atoms with Gasteiger partial charge >= 0.3 is 0 Å². The van der Waals surface area contributed by atoms with Gasteiger partial charge in [-0.25, -0.2) is 0 Å². The summed E-state index contributed by atoms with van der Waals surface area (Å²) in [7, 11) is 0. The van der Waals surface area contributed by atoms with Crippen LogP contribution in [0, 0.1) is 0 Å². The van der Waals surface area contributed by atoms with Crippen molar-refractivity contribution in [1.29, 1.82) is 0 Å². The first kappa shape index (κ1) is 10.6. The molecule has 0 amide bonds. The highest BCUT2D eigenvalue weighted by Gasteiger charge is 2.21. The van der Waals surface area contributed by atoms with Crippen molar-refractivity contribution in [3.05, 3.63) is 70.2 Å². The largest absolute Gasteiger partial charge is 0.0837 e. The Kier molecular flexibility index (Phi) is 2.53. The molecule has 0 nitrogen and oxygen atoms in total. The lowest BCUT2D eigenvalue weighted by Crippen LogP contribution is -1.84. The Labute approximate surface area is 107 Å². The van der Waals surface area contributed by atoms with Crippen molar-refractivity contribution in [2.24, 2.45) is 0 Å². The highest BCUT2D eigenvalue weighted by molar-refractivity contribution is 6.33. The minimum Gasteiger partial charge on any atom is -0.0837 e. The Morgan fingerprint density at radius 2 is 1.71 bits per heavy atom. The molecule has 2 aromatic carbocycles. The van der Waals surface area contributed by atoms with E-state index in [4.69, 9.17) is 11.6 Å². The monoisotopic (exact) mass is 240 g/mol. The minimum absolute atomic E-state index is 0.867. The lowest BCUT2D eigenvalue weighted by molar-refractivity contribution is 1.32. The topological polar surface area (TPSA) is 0 Å². The molecule has 0 heterocycles. The summed E-state index contributed by atoms with van der Waals surface area (Å²) in [5.41, 5.74) is 6.59. The van der Waals surface area contributed by atoms with Crippen LogP contribution in [0.1, 0.15) is 23.6 Å². The normalized spacial score (nSPS) is 14.0. The van der Waals surface area contributed by atoms with Gasteiger partial charge in [0.15, 0.2) is 0 Å². The zero-order valence-electron chi connectivity index (χ0n) is 9.70. The maximum absolute atomic E-state index is 6.28. The Morgan fingerprint density at radius 3 is 2.41 bits per heavy atom. The molecule has 84 valence electrons. The van der Waals surface area contributed by atoms with Crippen LogP contribution in [0.4, 0.5) is 0 Å². The lowest BCUT2D eigenvalue weighted by Gasteiger charge is -2.04. The van der Waals surface area contributed by atoms with Gasteiger partial charge in [-0.1, -0.05) is 54.1 Å². The van der Waals surface area contributed by atoms with E-state index in [0.29, 0.717) is 0 Å². The molecule has 0 unspecified atom stereocenters. The van der Waals surface area contributed by atoms with E-state index in [9.17, 15) is 0 Å². The Balaban J connectivity index is 2.15. The number of halogens is 1. The summed E-state index contributed by atoms with van der Waals surface area (Å²) in [6.07, 6.45) is 0.992. The van der Waals surface area contributed by atoms with Crippen molar-refractivity contribution in [3.63, 3.8) is 0 Å². The molecule has 0 fully saturated rings. The molecule has 0 atom stereocenters. The van der Waals surface area contributed by atoms with E-state index in [1.54, 1.807) is 0 Å². The second-order valence-corrected chi connectivity index (χ2v) is 4.83.